The summed E-state index contributed by atoms with van der Waals surface area (Å²) in [4.78, 5) is 8.94. The molecular weight excluding hydrogens is 258 g/mol. The zero-order valence-electron chi connectivity index (χ0n) is 10.7. The largest absolute Gasteiger partial charge is 0.307 e. The molecule has 19 heavy (non-hydrogen) atoms. The summed E-state index contributed by atoms with van der Waals surface area (Å²) in [5.41, 5.74) is 4.31. The van der Waals surface area contributed by atoms with Crippen LogP contribution in [-0.4, -0.2) is 14.5 Å². The van der Waals surface area contributed by atoms with Crippen LogP contribution in [0.25, 0.3) is 11.2 Å². The van der Waals surface area contributed by atoms with Gasteiger partial charge in [-0.1, -0.05) is 24.3 Å². The Labute approximate surface area is 116 Å². The van der Waals surface area contributed by atoms with E-state index in [0.29, 0.717) is 5.88 Å². The lowest BCUT2D eigenvalue weighted by Crippen LogP contribution is -2.05. The van der Waals surface area contributed by atoms with E-state index in [1.165, 1.54) is 11.1 Å². The van der Waals surface area contributed by atoms with Gasteiger partial charge in [-0.3, -0.25) is 0 Å². The van der Waals surface area contributed by atoms with Gasteiger partial charge in [-0.2, -0.15) is 0 Å². The quantitative estimate of drug-likeness (QED) is 0.683. The van der Waals surface area contributed by atoms with Gasteiger partial charge >= 0.3 is 0 Å². The third kappa shape index (κ3) is 2.22. The van der Waals surface area contributed by atoms with E-state index in [9.17, 15) is 0 Å². The maximum atomic E-state index is 6.00. The average molecular weight is 272 g/mol. The molecule has 0 unspecified atom stereocenters. The molecule has 0 aliphatic rings. The van der Waals surface area contributed by atoms with Crippen LogP contribution in [0, 0.1) is 6.92 Å². The van der Waals surface area contributed by atoms with Crippen LogP contribution in [-0.2, 0) is 12.4 Å². The number of imidazole rings is 1. The number of pyridine rings is 1. The van der Waals surface area contributed by atoms with Gasteiger partial charge in [0, 0.05) is 6.20 Å². The number of hydrogen-bond donors (Lipinski definition) is 0. The molecule has 96 valence electrons. The maximum absolute atomic E-state index is 6.00. The molecule has 3 aromatic rings. The highest BCUT2D eigenvalue weighted by Gasteiger charge is 2.11. The minimum atomic E-state index is 0.391. The second-order valence-electron chi connectivity index (χ2n) is 4.52. The minimum absolute atomic E-state index is 0.391. The van der Waals surface area contributed by atoms with E-state index < -0.39 is 0 Å². The molecule has 3 nitrogen and oxygen atoms in total. The average Bonchev–Trinajstić information content (AvgIpc) is 2.79. The molecule has 2 aromatic heterocycles. The highest BCUT2D eigenvalue weighted by molar-refractivity contribution is 6.16. The fourth-order valence-electron chi connectivity index (χ4n) is 2.23. The van der Waals surface area contributed by atoms with Crippen molar-refractivity contribution in [3.05, 3.63) is 59.5 Å². The van der Waals surface area contributed by atoms with Crippen LogP contribution < -0.4 is 0 Å². The summed E-state index contributed by atoms with van der Waals surface area (Å²) < 4.78 is 2.09. The van der Waals surface area contributed by atoms with Crippen molar-refractivity contribution in [1.29, 1.82) is 0 Å². The Balaban J connectivity index is 2.12. The van der Waals surface area contributed by atoms with Gasteiger partial charge in [0.2, 0.25) is 0 Å². The second-order valence-corrected chi connectivity index (χ2v) is 4.79. The van der Waals surface area contributed by atoms with E-state index in [-0.39, 0.29) is 0 Å². The number of benzene rings is 1. The summed E-state index contributed by atoms with van der Waals surface area (Å²) >= 11 is 6.00. The number of alkyl halides is 1. The highest BCUT2D eigenvalue weighted by atomic mass is 35.5. The van der Waals surface area contributed by atoms with Crippen molar-refractivity contribution in [3.63, 3.8) is 0 Å². The van der Waals surface area contributed by atoms with Crippen LogP contribution in [0.4, 0.5) is 0 Å². The van der Waals surface area contributed by atoms with Crippen molar-refractivity contribution in [2.24, 2.45) is 0 Å². The fraction of sp³-hybridized carbons (Fsp3) is 0.200. The molecule has 3 rings (SSSR count). The summed E-state index contributed by atoms with van der Waals surface area (Å²) in [6.07, 6.45) is 1.79. The van der Waals surface area contributed by atoms with Gasteiger partial charge in [0.1, 0.15) is 11.3 Å². The third-order valence-corrected chi connectivity index (χ3v) is 3.53. The zero-order chi connectivity index (χ0) is 13.2. The van der Waals surface area contributed by atoms with Gasteiger partial charge in [-0.05, 0) is 30.2 Å². The monoisotopic (exact) mass is 271 g/mol. The first-order valence-electron chi connectivity index (χ1n) is 6.20. The summed E-state index contributed by atoms with van der Waals surface area (Å²) in [6, 6.07) is 12.2. The molecule has 0 radical (unpaired) electrons. The Kier molecular flexibility index (Phi) is 3.22. The molecule has 0 saturated carbocycles. The molecule has 0 bridgehead atoms. The van der Waals surface area contributed by atoms with E-state index in [1.807, 2.05) is 18.2 Å². The van der Waals surface area contributed by atoms with E-state index in [1.54, 1.807) is 6.20 Å². The number of aryl methyl sites for hydroxylation is 1. The van der Waals surface area contributed by atoms with Gasteiger partial charge < -0.3 is 4.57 Å². The first-order valence-corrected chi connectivity index (χ1v) is 6.73. The predicted octanol–water partition coefficient (Wildman–Crippen LogP) is 3.53. The van der Waals surface area contributed by atoms with Crippen molar-refractivity contribution < 1.29 is 0 Å². The number of rotatable bonds is 3. The SMILES string of the molecule is Cc1ccccc1Cn1c(CCl)nc2cccnc21. The van der Waals surface area contributed by atoms with Crippen molar-refractivity contribution in [3.8, 4) is 0 Å². The molecule has 0 aliphatic carbocycles. The standard InChI is InChI=1S/C15H14ClN3/c1-11-5-2-3-6-12(11)10-19-14(9-16)18-13-7-4-8-17-15(13)19/h2-8H,9-10H2,1H3. The molecule has 1 aromatic carbocycles. The Hall–Kier alpha value is -1.87. The molecule has 0 aliphatic heterocycles. The molecule has 0 fully saturated rings. The molecule has 0 spiro atoms. The number of halogens is 1. The lowest BCUT2D eigenvalue weighted by molar-refractivity contribution is 0.766. The Bertz CT molecular complexity index is 718. The second kappa shape index (κ2) is 5.02. The van der Waals surface area contributed by atoms with Gasteiger partial charge in [0.05, 0.1) is 12.4 Å². The molecule has 0 atom stereocenters. The molecule has 0 N–H and O–H groups in total. The Morgan fingerprint density at radius 2 is 2.00 bits per heavy atom. The lowest BCUT2D eigenvalue weighted by Gasteiger charge is -2.09. The zero-order valence-corrected chi connectivity index (χ0v) is 11.4. The predicted molar refractivity (Wildman–Crippen MR) is 77.4 cm³/mol. The number of nitrogens with zero attached hydrogens (tertiary/aromatic N) is 3. The van der Waals surface area contributed by atoms with Crippen LogP contribution >= 0.6 is 11.6 Å². The topological polar surface area (TPSA) is 30.7 Å². The summed E-state index contributed by atoms with van der Waals surface area (Å²) in [7, 11) is 0. The van der Waals surface area contributed by atoms with Crippen LogP contribution in [0.1, 0.15) is 17.0 Å². The third-order valence-electron chi connectivity index (χ3n) is 3.29. The van der Waals surface area contributed by atoms with Crippen LogP contribution in [0.3, 0.4) is 0 Å². The molecule has 0 amide bonds. The van der Waals surface area contributed by atoms with E-state index in [4.69, 9.17) is 11.6 Å². The molecule has 0 saturated heterocycles. The Morgan fingerprint density at radius 3 is 2.79 bits per heavy atom. The minimum Gasteiger partial charge on any atom is -0.307 e. The molecule has 4 heteroatoms. The number of fused-ring (bicyclic) bond motifs is 1. The van der Waals surface area contributed by atoms with Crippen molar-refractivity contribution >= 4 is 22.8 Å². The maximum Gasteiger partial charge on any atom is 0.160 e. The van der Waals surface area contributed by atoms with Crippen molar-refractivity contribution in [1.82, 2.24) is 14.5 Å². The summed E-state index contributed by atoms with van der Waals surface area (Å²) in [5.74, 6) is 1.25. The summed E-state index contributed by atoms with van der Waals surface area (Å²) in [6.45, 7) is 2.87. The number of hydrogen-bond acceptors (Lipinski definition) is 2. The highest BCUT2D eigenvalue weighted by Crippen LogP contribution is 2.18. The van der Waals surface area contributed by atoms with Crippen LogP contribution in [0.5, 0.6) is 0 Å². The Morgan fingerprint density at radius 1 is 1.16 bits per heavy atom. The normalized spacial score (nSPS) is 11.1. The van der Waals surface area contributed by atoms with Crippen LogP contribution in [0.2, 0.25) is 0 Å². The van der Waals surface area contributed by atoms with Crippen molar-refractivity contribution in [2.45, 2.75) is 19.3 Å². The van der Waals surface area contributed by atoms with Gasteiger partial charge in [-0.25, -0.2) is 9.97 Å². The van der Waals surface area contributed by atoms with E-state index in [0.717, 1.165) is 23.5 Å². The van der Waals surface area contributed by atoms with Gasteiger partial charge in [0.25, 0.3) is 0 Å². The lowest BCUT2D eigenvalue weighted by atomic mass is 10.1. The first-order chi connectivity index (χ1) is 9.29. The molecule has 2 heterocycles. The summed E-state index contributed by atoms with van der Waals surface area (Å²) in [5, 5.41) is 0. The van der Waals surface area contributed by atoms with Crippen molar-refractivity contribution in [2.75, 3.05) is 0 Å². The van der Waals surface area contributed by atoms with E-state index in [2.05, 4.69) is 39.7 Å². The van der Waals surface area contributed by atoms with Gasteiger partial charge in [-0.15, -0.1) is 11.6 Å². The molecular formula is C15H14ClN3. The van der Waals surface area contributed by atoms with Gasteiger partial charge in [0.15, 0.2) is 5.65 Å². The fourth-order valence-corrected chi connectivity index (χ4v) is 2.44. The number of aromatic nitrogens is 3. The van der Waals surface area contributed by atoms with Crippen LogP contribution in [0.15, 0.2) is 42.6 Å². The smallest absolute Gasteiger partial charge is 0.160 e. The first kappa shape index (κ1) is 12.2. The van der Waals surface area contributed by atoms with E-state index >= 15 is 0 Å².